The molecule has 0 aliphatic carbocycles. The van der Waals surface area contributed by atoms with E-state index < -0.39 is 17.5 Å². The molecule has 3 radical (unpaired) electrons. The molecule has 0 unspecified atom stereocenters. The van der Waals surface area contributed by atoms with Gasteiger partial charge in [0.05, 0.1) is 0 Å². The van der Waals surface area contributed by atoms with Crippen LogP contribution in [0.25, 0.3) is 32.7 Å². The third-order valence-corrected chi connectivity index (χ3v) is 4.95. The van der Waals surface area contributed by atoms with Crippen LogP contribution < -0.4 is 0 Å². The van der Waals surface area contributed by atoms with Crippen LogP contribution in [-0.4, -0.2) is 47.6 Å². The predicted octanol–water partition coefficient (Wildman–Crippen LogP) is 5.86. The Morgan fingerprint density at radius 2 is 0.730 bits per heavy atom. The molecule has 6 rings (SSSR count). The molecule has 10 heteroatoms. The monoisotopic (exact) mass is 516 g/mol. The van der Waals surface area contributed by atoms with Gasteiger partial charge in [-0.1, -0.05) is 18.2 Å². The van der Waals surface area contributed by atoms with Gasteiger partial charge in [0.1, 0.15) is 51.3 Å². The molecule has 3 aromatic carbocycles. The van der Waals surface area contributed by atoms with Crippen LogP contribution in [0.3, 0.4) is 0 Å². The van der Waals surface area contributed by atoms with Crippen molar-refractivity contribution in [2.75, 3.05) is 0 Å². The van der Waals surface area contributed by atoms with E-state index >= 15 is 0 Å². The smallest absolute Gasteiger partial charge is 0.144 e. The molecule has 0 saturated carbocycles. The number of nitrogens with zero attached hydrogens (tertiary/aromatic N) is 3. The van der Waals surface area contributed by atoms with E-state index in [4.69, 9.17) is 0 Å². The van der Waals surface area contributed by atoms with Crippen LogP contribution >= 0.6 is 0 Å². The molecule has 0 fully saturated rings. The SMILES string of the molecule is Oc1cc(F)cc2cccnc12.Oc1cc(F)cc2cccnc12.Oc1cc(F)cc2cccnc12.[Al]. The molecule has 3 aromatic heterocycles. The highest BCUT2D eigenvalue weighted by Gasteiger charge is 2.03. The first kappa shape index (κ1) is 27.2. The normalized spacial score (nSPS) is 10.1. The van der Waals surface area contributed by atoms with E-state index in [1.165, 1.54) is 18.2 Å². The molecule has 183 valence electrons. The number of rotatable bonds is 0. The minimum Gasteiger partial charge on any atom is -0.506 e. The van der Waals surface area contributed by atoms with Crippen molar-refractivity contribution in [2.24, 2.45) is 0 Å². The number of phenolic OH excluding ortho intramolecular Hbond substituents is 3. The van der Waals surface area contributed by atoms with Gasteiger partial charge in [0, 0.05) is 70.3 Å². The second kappa shape index (κ2) is 12.0. The number of halogens is 3. The molecule has 0 spiro atoms. The predicted molar refractivity (Wildman–Crippen MR) is 136 cm³/mol. The zero-order chi connectivity index (χ0) is 25.7. The second-order valence-corrected chi connectivity index (χ2v) is 7.50. The third kappa shape index (κ3) is 6.64. The summed E-state index contributed by atoms with van der Waals surface area (Å²) < 4.78 is 38.1. The molecule has 0 bridgehead atoms. The van der Waals surface area contributed by atoms with Crippen LogP contribution in [0.5, 0.6) is 17.2 Å². The van der Waals surface area contributed by atoms with E-state index in [-0.39, 0.29) is 34.6 Å². The van der Waals surface area contributed by atoms with Crippen molar-refractivity contribution in [1.82, 2.24) is 15.0 Å². The number of hydrogen-bond donors (Lipinski definition) is 3. The lowest BCUT2D eigenvalue weighted by Gasteiger charge is -1.98. The molecule has 0 saturated heterocycles. The highest BCUT2D eigenvalue weighted by molar-refractivity contribution is 5.85. The zero-order valence-corrected chi connectivity index (χ0v) is 20.2. The van der Waals surface area contributed by atoms with E-state index in [0.717, 1.165) is 18.2 Å². The number of hydrogen-bond acceptors (Lipinski definition) is 6. The lowest BCUT2D eigenvalue weighted by molar-refractivity contribution is 0.474. The highest BCUT2D eigenvalue weighted by Crippen LogP contribution is 2.24. The summed E-state index contributed by atoms with van der Waals surface area (Å²) in [6, 6.07) is 17.3. The van der Waals surface area contributed by atoms with Gasteiger partial charge in [-0.2, -0.15) is 0 Å². The minimum atomic E-state index is -0.451. The number of pyridine rings is 3. The molecule has 37 heavy (non-hydrogen) atoms. The summed E-state index contributed by atoms with van der Waals surface area (Å²) in [6.45, 7) is 0. The van der Waals surface area contributed by atoms with Crippen molar-refractivity contribution in [3.8, 4) is 17.2 Å². The summed E-state index contributed by atoms with van der Waals surface area (Å²) >= 11 is 0. The van der Waals surface area contributed by atoms with Crippen molar-refractivity contribution in [3.63, 3.8) is 0 Å². The van der Waals surface area contributed by atoms with E-state index in [2.05, 4.69) is 15.0 Å². The van der Waals surface area contributed by atoms with Gasteiger partial charge >= 0.3 is 0 Å². The summed E-state index contributed by atoms with van der Waals surface area (Å²) in [4.78, 5) is 11.7. The second-order valence-electron chi connectivity index (χ2n) is 7.50. The zero-order valence-electron chi connectivity index (χ0n) is 19.1. The molecule has 0 amide bonds. The fourth-order valence-electron chi connectivity index (χ4n) is 3.41. The Morgan fingerprint density at radius 1 is 0.459 bits per heavy atom. The first-order chi connectivity index (χ1) is 17.3. The van der Waals surface area contributed by atoms with E-state index in [9.17, 15) is 28.5 Å². The summed E-state index contributed by atoms with van der Waals surface area (Å²) in [5.74, 6) is -1.71. The molecule has 0 atom stereocenters. The van der Waals surface area contributed by atoms with Crippen LogP contribution in [0, 0.1) is 17.5 Å². The van der Waals surface area contributed by atoms with E-state index in [1.807, 2.05) is 0 Å². The Balaban J connectivity index is 0.000000152. The Kier molecular flexibility index (Phi) is 8.85. The molecule has 3 N–H and O–H groups in total. The summed E-state index contributed by atoms with van der Waals surface area (Å²) in [5, 5.41) is 29.6. The Hall–Kier alpha value is -4.39. The van der Waals surface area contributed by atoms with Gasteiger partial charge in [-0.05, 0) is 36.4 Å². The molecule has 0 aliphatic heterocycles. The van der Waals surface area contributed by atoms with Crippen molar-refractivity contribution in [3.05, 3.63) is 109 Å². The van der Waals surface area contributed by atoms with Gasteiger partial charge in [-0.25, -0.2) is 13.2 Å². The number of aromatic nitrogens is 3. The Labute approximate surface area is 219 Å². The van der Waals surface area contributed by atoms with Crippen molar-refractivity contribution < 1.29 is 28.5 Å². The van der Waals surface area contributed by atoms with E-state index in [1.54, 1.807) is 55.0 Å². The summed E-state index contributed by atoms with van der Waals surface area (Å²) in [7, 11) is 0. The molecule has 6 nitrogen and oxygen atoms in total. The third-order valence-electron chi connectivity index (χ3n) is 4.95. The summed E-state index contributed by atoms with van der Waals surface area (Å²) in [5.41, 5.74) is 1.29. The fraction of sp³-hybridized carbons (Fsp3) is 0. The standard InChI is InChI=1S/3C9H6FNO.Al/c3*10-7-4-6-2-1-3-11-9(6)8(12)5-7;/h3*1-5,12H;. The quantitative estimate of drug-likeness (QED) is 0.219. The Morgan fingerprint density at radius 3 is 1.00 bits per heavy atom. The molecular weight excluding hydrogens is 498 g/mol. The maximum Gasteiger partial charge on any atom is 0.144 e. The van der Waals surface area contributed by atoms with Crippen LogP contribution in [0.4, 0.5) is 13.2 Å². The average Bonchev–Trinajstić information content (AvgIpc) is 2.85. The first-order valence-corrected chi connectivity index (χ1v) is 10.5. The topological polar surface area (TPSA) is 99.4 Å². The molecule has 6 aromatic rings. The van der Waals surface area contributed by atoms with Gasteiger partial charge in [-0.15, -0.1) is 0 Å². The average molecular weight is 516 g/mol. The van der Waals surface area contributed by atoms with Crippen molar-refractivity contribution in [1.29, 1.82) is 0 Å². The van der Waals surface area contributed by atoms with Gasteiger partial charge in [0.2, 0.25) is 0 Å². The van der Waals surface area contributed by atoms with Crippen molar-refractivity contribution >= 4 is 50.1 Å². The first-order valence-electron chi connectivity index (χ1n) is 10.5. The number of benzene rings is 3. The maximum atomic E-state index is 12.7. The Bertz CT molecular complexity index is 1490. The lowest BCUT2D eigenvalue weighted by atomic mass is 10.2. The van der Waals surface area contributed by atoms with Crippen LogP contribution in [0.15, 0.2) is 91.4 Å². The molecular formula is C27H18AlF3N3O3. The van der Waals surface area contributed by atoms with E-state index in [0.29, 0.717) is 32.7 Å². The van der Waals surface area contributed by atoms with Crippen molar-refractivity contribution in [2.45, 2.75) is 0 Å². The highest BCUT2D eigenvalue weighted by atomic mass is 27.0. The van der Waals surface area contributed by atoms with Gasteiger partial charge < -0.3 is 15.3 Å². The van der Waals surface area contributed by atoms with Gasteiger partial charge in [0.25, 0.3) is 0 Å². The minimum absolute atomic E-state index is 0. The largest absolute Gasteiger partial charge is 0.506 e. The van der Waals surface area contributed by atoms with Gasteiger partial charge in [0.15, 0.2) is 0 Å². The number of aromatic hydroxyl groups is 3. The molecule has 0 aliphatic rings. The maximum absolute atomic E-state index is 12.7. The summed E-state index contributed by atoms with van der Waals surface area (Å²) in [6.07, 6.45) is 4.67. The molecule has 3 heterocycles. The fourth-order valence-corrected chi connectivity index (χ4v) is 3.41. The number of fused-ring (bicyclic) bond motifs is 3. The van der Waals surface area contributed by atoms with Crippen LogP contribution in [-0.2, 0) is 0 Å². The van der Waals surface area contributed by atoms with Crippen LogP contribution in [0.2, 0.25) is 0 Å². The number of phenols is 3. The lowest BCUT2D eigenvalue weighted by Crippen LogP contribution is -1.80. The van der Waals surface area contributed by atoms with Crippen LogP contribution in [0.1, 0.15) is 0 Å². The van der Waals surface area contributed by atoms with Gasteiger partial charge in [-0.3, -0.25) is 15.0 Å².